The highest BCUT2D eigenvalue weighted by atomic mass is 32.2. The van der Waals surface area contributed by atoms with E-state index in [1.54, 1.807) is 0 Å². The molecule has 0 aromatic heterocycles. The van der Waals surface area contributed by atoms with Crippen molar-refractivity contribution in [3.63, 3.8) is 0 Å². The molecule has 17 heavy (non-hydrogen) atoms. The summed E-state index contributed by atoms with van der Waals surface area (Å²) in [4.78, 5) is 23.5. The third-order valence-corrected chi connectivity index (χ3v) is 6.87. The van der Waals surface area contributed by atoms with Gasteiger partial charge >= 0.3 is 11.9 Å². The molecule has 1 saturated carbocycles. The molecule has 0 unspecified atom stereocenters. The minimum atomic E-state index is -0.342. The Morgan fingerprint density at radius 3 is 1.76 bits per heavy atom. The van der Waals surface area contributed by atoms with Gasteiger partial charge in [-0.2, -0.15) is 0 Å². The van der Waals surface area contributed by atoms with Crippen LogP contribution in [0.2, 0.25) is 0 Å². The Morgan fingerprint density at radius 2 is 1.41 bits per heavy atom. The van der Waals surface area contributed by atoms with Crippen LogP contribution in [0.15, 0.2) is 0 Å². The molecule has 0 aromatic rings. The standard InChI is InChI=1S/C11H16O4S2/c1-14-9(12)7-5-11(16-3-4-17-11)6-8(7)10(13)15-2/h7-8H,3-6H2,1-2H3/t7-,8-/m1/s1. The lowest BCUT2D eigenvalue weighted by Gasteiger charge is -2.20. The van der Waals surface area contributed by atoms with Crippen LogP contribution < -0.4 is 0 Å². The van der Waals surface area contributed by atoms with Crippen molar-refractivity contribution in [2.75, 3.05) is 25.7 Å². The van der Waals surface area contributed by atoms with Crippen LogP contribution in [0.1, 0.15) is 12.8 Å². The maximum Gasteiger partial charge on any atom is 0.309 e. The Balaban J connectivity index is 2.17. The molecule has 1 saturated heterocycles. The van der Waals surface area contributed by atoms with Crippen LogP contribution in [0.4, 0.5) is 0 Å². The number of carbonyl (C=O) groups is 2. The molecule has 0 amide bonds. The molecule has 96 valence electrons. The van der Waals surface area contributed by atoms with E-state index in [1.807, 2.05) is 23.5 Å². The fourth-order valence-corrected chi connectivity index (χ4v) is 6.00. The lowest BCUT2D eigenvalue weighted by atomic mass is 9.96. The highest BCUT2D eigenvalue weighted by Crippen LogP contribution is 2.58. The summed E-state index contributed by atoms with van der Waals surface area (Å²) in [5.41, 5.74) is 0. The van der Waals surface area contributed by atoms with Gasteiger partial charge < -0.3 is 9.47 Å². The molecule has 2 fully saturated rings. The van der Waals surface area contributed by atoms with Crippen LogP contribution in [-0.2, 0) is 19.1 Å². The summed E-state index contributed by atoms with van der Waals surface area (Å²) in [6.45, 7) is 0. The topological polar surface area (TPSA) is 52.6 Å². The van der Waals surface area contributed by atoms with Crippen molar-refractivity contribution in [3.05, 3.63) is 0 Å². The molecule has 2 atom stereocenters. The van der Waals surface area contributed by atoms with Gasteiger partial charge in [-0.3, -0.25) is 9.59 Å². The third-order valence-electron chi connectivity index (χ3n) is 3.37. The van der Waals surface area contributed by atoms with E-state index in [9.17, 15) is 9.59 Å². The van der Waals surface area contributed by atoms with Crippen molar-refractivity contribution in [2.24, 2.45) is 11.8 Å². The molecule has 1 aliphatic heterocycles. The second-order valence-corrected chi connectivity index (χ2v) is 7.49. The Bertz CT molecular complexity index is 299. The van der Waals surface area contributed by atoms with E-state index in [0.29, 0.717) is 0 Å². The van der Waals surface area contributed by atoms with Crippen LogP contribution in [0.5, 0.6) is 0 Å². The van der Waals surface area contributed by atoms with E-state index >= 15 is 0 Å². The molecule has 6 heteroatoms. The molecule has 2 aliphatic rings. The van der Waals surface area contributed by atoms with Crippen LogP contribution in [0.3, 0.4) is 0 Å². The van der Waals surface area contributed by atoms with Crippen molar-refractivity contribution in [2.45, 2.75) is 16.9 Å². The number of thioether (sulfide) groups is 2. The first-order chi connectivity index (χ1) is 8.12. The summed E-state index contributed by atoms with van der Waals surface area (Å²) >= 11 is 3.73. The summed E-state index contributed by atoms with van der Waals surface area (Å²) in [5, 5.41) is 0. The first kappa shape index (κ1) is 13.1. The number of esters is 2. The third kappa shape index (κ3) is 2.42. The zero-order chi connectivity index (χ0) is 12.5. The van der Waals surface area contributed by atoms with Crippen molar-refractivity contribution < 1.29 is 19.1 Å². The van der Waals surface area contributed by atoms with Crippen molar-refractivity contribution in [3.8, 4) is 0 Å². The average Bonchev–Trinajstić information content (AvgIpc) is 2.95. The van der Waals surface area contributed by atoms with Crippen LogP contribution in [0, 0.1) is 11.8 Å². The second-order valence-electron chi connectivity index (χ2n) is 4.28. The van der Waals surface area contributed by atoms with E-state index < -0.39 is 0 Å². The van der Waals surface area contributed by atoms with Gasteiger partial charge in [0.05, 0.1) is 30.1 Å². The van der Waals surface area contributed by atoms with Crippen LogP contribution in [0.25, 0.3) is 0 Å². The summed E-state index contributed by atoms with van der Waals surface area (Å²) in [6, 6.07) is 0. The number of ether oxygens (including phenoxy) is 2. The van der Waals surface area contributed by atoms with Gasteiger partial charge in [-0.05, 0) is 12.8 Å². The minimum Gasteiger partial charge on any atom is -0.469 e. The van der Waals surface area contributed by atoms with Gasteiger partial charge in [0.25, 0.3) is 0 Å². The molecule has 1 aliphatic carbocycles. The van der Waals surface area contributed by atoms with E-state index in [2.05, 4.69) is 0 Å². The smallest absolute Gasteiger partial charge is 0.309 e. The van der Waals surface area contributed by atoms with E-state index in [-0.39, 0.29) is 27.9 Å². The lowest BCUT2D eigenvalue weighted by Crippen LogP contribution is -2.27. The lowest BCUT2D eigenvalue weighted by molar-refractivity contribution is -0.156. The summed E-state index contributed by atoms with van der Waals surface area (Å²) in [5.74, 6) is 0.922. The predicted molar refractivity (Wildman–Crippen MR) is 67.9 cm³/mol. The van der Waals surface area contributed by atoms with Gasteiger partial charge in [0.15, 0.2) is 0 Å². The van der Waals surface area contributed by atoms with Crippen molar-refractivity contribution >= 4 is 35.5 Å². The van der Waals surface area contributed by atoms with Gasteiger partial charge in [-0.15, -0.1) is 23.5 Å². The van der Waals surface area contributed by atoms with Gasteiger partial charge in [-0.1, -0.05) is 0 Å². The second kappa shape index (κ2) is 5.10. The fourth-order valence-electron chi connectivity index (χ4n) is 2.57. The first-order valence-corrected chi connectivity index (χ1v) is 7.52. The monoisotopic (exact) mass is 276 g/mol. The number of hydrogen-bond acceptors (Lipinski definition) is 6. The summed E-state index contributed by atoms with van der Waals surface area (Å²) in [6.07, 6.45) is 1.43. The molecule has 1 spiro atoms. The molecule has 0 radical (unpaired) electrons. The largest absolute Gasteiger partial charge is 0.469 e. The molecule has 0 N–H and O–H groups in total. The fraction of sp³-hybridized carbons (Fsp3) is 0.818. The van der Waals surface area contributed by atoms with Crippen LogP contribution >= 0.6 is 23.5 Å². The van der Waals surface area contributed by atoms with Crippen molar-refractivity contribution in [1.29, 1.82) is 0 Å². The predicted octanol–water partition coefficient (Wildman–Crippen LogP) is 1.53. The van der Waals surface area contributed by atoms with E-state index in [4.69, 9.17) is 9.47 Å². The average molecular weight is 276 g/mol. The Hall–Kier alpha value is -0.360. The van der Waals surface area contributed by atoms with Crippen molar-refractivity contribution in [1.82, 2.24) is 0 Å². The van der Waals surface area contributed by atoms with Gasteiger partial charge in [0.1, 0.15) is 0 Å². The SMILES string of the molecule is COC(=O)[C@@H]1CC2(C[C@H]1C(=O)OC)SCCS2. The molecule has 0 aromatic carbocycles. The van der Waals surface area contributed by atoms with Gasteiger partial charge in [-0.25, -0.2) is 0 Å². The first-order valence-electron chi connectivity index (χ1n) is 5.55. The number of rotatable bonds is 2. The summed E-state index contributed by atoms with van der Waals surface area (Å²) in [7, 11) is 2.74. The number of carbonyl (C=O) groups excluding carboxylic acids is 2. The molecule has 0 bridgehead atoms. The highest BCUT2D eigenvalue weighted by Gasteiger charge is 2.53. The minimum absolute atomic E-state index is 0.0255. The number of methoxy groups -OCH3 is 2. The molecule has 4 nitrogen and oxygen atoms in total. The van der Waals surface area contributed by atoms with Crippen LogP contribution in [-0.4, -0.2) is 41.7 Å². The Morgan fingerprint density at radius 1 is 1.00 bits per heavy atom. The maximum atomic E-state index is 11.7. The molecular formula is C11H16O4S2. The number of hydrogen-bond donors (Lipinski definition) is 0. The molecular weight excluding hydrogens is 260 g/mol. The van der Waals surface area contributed by atoms with Gasteiger partial charge in [0.2, 0.25) is 0 Å². The quantitative estimate of drug-likeness (QED) is 0.713. The zero-order valence-electron chi connectivity index (χ0n) is 9.93. The van der Waals surface area contributed by atoms with E-state index in [0.717, 1.165) is 24.3 Å². The highest BCUT2D eigenvalue weighted by molar-refractivity contribution is 8.21. The maximum absolute atomic E-state index is 11.7. The zero-order valence-corrected chi connectivity index (χ0v) is 11.6. The molecule has 2 rings (SSSR count). The van der Waals surface area contributed by atoms with E-state index in [1.165, 1.54) is 14.2 Å². The normalized spacial score (nSPS) is 30.5. The molecule has 1 heterocycles. The Labute approximate surface area is 109 Å². The van der Waals surface area contributed by atoms with Gasteiger partial charge in [0, 0.05) is 11.5 Å². The Kier molecular flexibility index (Phi) is 3.92. The summed E-state index contributed by atoms with van der Waals surface area (Å²) < 4.78 is 9.62.